The molecule has 0 radical (unpaired) electrons. The molecule has 0 aliphatic carbocycles. The van der Waals surface area contributed by atoms with Crippen molar-refractivity contribution in [3.05, 3.63) is 53.5 Å². The second-order valence-electron chi connectivity index (χ2n) is 8.01. The Kier molecular flexibility index (Phi) is 11.1. The van der Waals surface area contributed by atoms with Crippen LogP contribution in [0.1, 0.15) is 49.8 Å². The fourth-order valence-corrected chi connectivity index (χ4v) is 3.48. The number of aromatic nitrogens is 1. The Morgan fingerprint density at radius 2 is 1.97 bits per heavy atom. The third kappa shape index (κ3) is 9.01. The van der Waals surface area contributed by atoms with Crippen LogP contribution in [0, 0.1) is 5.92 Å². The highest BCUT2D eigenvalue weighted by Gasteiger charge is 2.29. The van der Waals surface area contributed by atoms with E-state index in [0.717, 1.165) is 17.4 Å². The fourth-order valence-electron chi connectivity index (χ4n) is 3.12. The first-order valence-electron chi connectivity index (χ1n) is 11.2. The molecule has 1 aliphatic heterocycles. The number of pyridine rings is 1. The second kappa shape index (κ2) is 14.1. The lowest BCUT2D eigenvalue weighted by Gasteiger charge is -2.24. The number of fused-ring (bicyclic) bond motifs is 2. The number of cyclic esters (lactones) is 1. The summed E-state index contributed by atoms with van der Waals surface area (Å²) in [7, 11) is 0. The van der Waals surface area contributed by atoms with Gasteiger partial charge in [0, 0.05) is 5.75 Å². The van der Waals surface area contributed by atoms with Crippen molar-refractivity contribution in [3.8, 4) is 0 Å². The first-order valence-corrected chi connectivity index (χ1v) is 12.2. The molecule has 1 aromatic heterocycles. The maximum Gasteiger partial charge on any atom is 0.329 e. The van der Waals surface area contributed by atoms with Crippen LogP contribution in [0.5, 0.6) is 0 Å². The first-order chi connectivity index (χ1) is 16.7. The number of carbonyl (C=O) groups is 5. The fraction of sp³-hybridized carbons (Fsp3) is 0.417. The summed E-state index contributed by atoms with van der Waals surface area (Å²) in [5, 5.41) is 7.84. The molecule has 1 aliphatic rings. The number of carbonyl (C=O) groups excluding carboxylic acids is 5. The molecule has 2 atom stereocenters. The summed E-state index contributed by atoms with van der Waals surface area (Å²) in [6.07, 6.45) is 4.27. The maximum atomic E-state index is 13.0. The Labute approximate surface area is 208 Å². The molecule has 0 saturated carbocycles. The summed E-state index contributed by atoms with van der Waals surface area (Å²) in [6.45, 7) is 5.12. The molecule has 2 heterocycles. The molecule has 2 rings (SSSR count). The Hall–Kier alpha value is -3.47. The van der Waals surface area contributed by atoms with Gasteiger partial charge in [-0.2, -0.15) is 0 Å². The lowest BCUT2D eigenvalue weighted by molar-refractivity contribution is -0.153. The molecule has 0 spiro atoms. The molecule has 0 fully saturated rings. The van der Waals surface area contributed by atoms with Crippen LogP contribution in [0.25, 0.3) is 0 Å². The number of thioether (sulfide) groups is 1. The minimum atomic E-state index is -1.02. The third-order valence-corrected chi connectivity index (χ3v) is 5.58. The molecule has 35 heavy (non-hydrogen) atoms. The predicted octanol–water partition coefficient (Wildman–Crippen LogP) is 1.66. The van der Waals surface area contributed by atoms with Gasteiger partial charge in [-0.1, -0.05) is 43.8 Å². The van der Waals surface area contributed by atoms with Crippen LogP contribution in [0.15, 0.2) is 42.1 Å². The molecule has 2 bridgehead atoms. The Morgan fingerprint density at radius 3 is 2.66 bits per heavy atom. The number of esters is 1. The van der Waals surface area contributed by atoms with E-state index in [1.54, 1.807) is 45.1 Å². The smallest absolute Gasteiger partial charge is 0.329 e. The average molecular weight is 503 g/mol. The van der Waals surface area contributed by atoms with E-state index in [1.807, 2.05) is 0 Å². The van der Waals surface area contributed by atoms with Crippen LogP contribution >= 0.6 is 11.8 Å². The largest absolute Gasteiger partial charge is 0.456 e. The van der Waals surface area contributed by atoms with Crippen molar-refractivity contribution in [2.24, 2.45) is 5.92 Å². The van der Waals surface area contributed by atoms with Gasteiger partial charge in [0.15, 0.2) is 5.62 Å². The number of hydrogen-bond donors (Lipinski definition) is 3. The van der Waals surface area contributed by atoms with Crippen molar-refractivity contribution >= 4 is 41.1 Å². The molecule has 188 valence electrons. The highest BCUT2D eigenvalue weighted by Crippen LogP contribution is 2.12. The molecule has 10 nitrogen and oxygen atoms in total. The topological polar surface area (TPSA) is 144 Å². The van der Waals surface area contributed by atoms with Crippen LogP contribution < -0.4 is 16.0 Å². The minimum Gasteiger partial charge on any atom is -0.456 e. The number of nitrogens with zero attached hydrogens (tertiary/aromatic N) is 1. The van der Waals surface area contributed by atoms with Gasteiger partial charge < -0.3 is 20.7 Å². The summed E-state index contributed by atoms with van der Waals surface area (Å²) in [5.74, 6) is -2.14. The van der Waals surface area contributed by atoms with Gasteiger partial charge in [-0.15, -0.1) is 0 Å². The van der Waals surface area contributed by atoms with Gasteiger partial charge in [0.25, 0.3) is 11.8 Å². The molecule has 3 amide bonds. The van der Waals surface area contributed by atoms with Gasteiger partial charge in [0.2, 0.25) is 5.91 Å². The van der Waals surface area contributed by atoms with E-state index in [1.165, 1.54) is 12.1 Å². The molecule has 0 aromatic carbocycles. The quantitative estimate of drug-likeness (QED) is 0.175. The number of amides is 3. The van der Waals surface area contributed by atoms with E-state index >= 15 is 0 Å². The normalized spacial score (nSPS) is 21.4. The number of allylic oxidation sites excluding steroid dienone is 2. The van der Waals surface area contributed by atoms with Gasteiger partial charge in [-0.05, 0) is 37.5 Å². The molecule has 0 unspecified atom stereocenters. The van der Waals surface area contributed by atoms with E-state index < -0.39 is 29.9 Å². The van der Waals surface area contributed by atoms with Crippen LogP contribution in [0.3, 0.4) is 0 Å². The molecular weight excluding hydrogens is 472 g/mol. The lowest BCUT2D eigenvalue weighted by Crippen LogP contribution is -2.48. The highest BCUT2D eigenvalue weighted by atomic mass is 32.2. The highest BCUT2D eigenvalue weighted by molar-refractivity contribution is 8.11. The van der Waals surface area contributed by atoms with Crippen LogP contribution in [-0.4, -0.2) is 52.2 Å². The number of hydrogen-bond acceptors (Lipinski definition) is 8. The lowest BCUT2D eigenvalue weighted by atomic mass is 10.0. The van der Waals surface area contributed by atoms with Gasteiger partial charge in [0.05, 0.1) is 18.7 Å². The summed E-state index contributed by atoms with van der Waals surface area (Å²) < 4.78 is 5.58. The number of rotatable bonds is 6. The summed E-state index contributed by atoms with van der Waals surface area (Å²) in [4.78, 5) is 65.7. The summed E-state index contributed by atoms with van der Waals surface area (Å²) >= 11 is 1.11. The van der Waals surface area contributed by atoms with Crippen LogP contribution in [0.2, 0.25) is 0 Å². The Bertz CT molecular complexity index is 1010. The van der Waals surface area contributed by atoms with E-state index in [9.17, 15) is 24.0 Å². The van der Waals surface area contributed by atoms with E-state index in [2.05, 4.69) is 20.9 Å². The van der Waals surface area contributed by atoms with Gasteiger partial charge in [-0.25, -0.2) is 9.78 Å². The molecule has 1 aromatic rings. The molecule has 3 N–H and O–H groups in total. The zero-order valence-electron chi connectivity index (χ0n) is 19.9. The van der Waals surface area contributed by atoms with E-state index in [-0.39, 0.29) is 36.2 Å². The Balaban J connectivity index is 2.35. The third-order valence-electron chi connectivity index (χ3n) is 4.97. The Morgan fingerprint density at radius 1 is 1.20 bits per heavy atom. The van der Waals surface area contributed by atoms with Crippen LogP contribution in [-0.2, 0) is 30.5 Å². The van der Waals surface area contributed by atoms with Gasteiger partial charge >= 0.3 is 5.97 Å². The van der Waals surface area contributed by atoms with Crippen molar-refractivity contribution in [2.75, 3.05) is 5.75 Å². The standard InChI is InChI=1S/C24H30N4O6S/c1-4-18-22(31)28-21(15(2)3)24(33)34-17(9-5-6-11-35-14-29)12-20(30)25-13-16-8-7-10-19(26-16)23(32)27-18/h4-5,7-10,14-15,17,21H,6,11-13H2,1-3H3,(H,25,30)(H,27,32)(H,28,31)/b9-5+,18-4-/t17-,21+/m1/s1. The van der Waals surface area contributed by atoms with Gasteiger partial charge in [0.1, 0.15) is 23.5 Å². The second-order valence-corrected chi connectivity index (χ2v) is 8.94. The molecule has 11 heteroatoms. The van der Waals surface area contributed by atoms with Crippen molar-refractivity contribution < 1.29 is 28.7 Å². The van der Waals surface area contributed by atoms with E-state index in [4.69, 9.17) is 4.74 Å². The number of ether oxygens (including phenoxy) is 1. The average Bonchev–Trinajstić information content (AvgIpc) is 2.83. The summed E-state index contributed by atoms with van der Waals surface area (Å²) in [6, 6.07) is 3.75. The van der Waals surface area contributed by atoms with E-state index in [0.29, 0.717) is 17.9 Å². The van der Waals surface area contributed by atoms with Crippen molar-refractivity contribution in [1.29, 1.82) is 0 Å². The molecular formula is C24H30N4O6S. The number of nitrogens with one attached hydrogen (secondary N) is 3. The summed E-state index contributed by atoms with van der Waals surface area (Å²) in [5.41, 5.74) is 1.22. The zero-order valence-corrected chi connectivity index (χ0v) is 20.7. The van der Waals surface area contributed by atoms with Gasteiger partial charge in [-0.3, -0.25) is 19.2 Å². The van der Waals surface area contributed by atoms with Crippen LogP contribution in [0.4, 0.5) is 0 Å². The monoisotopic (exact) mass is 502 g/mol. The minimum absolute atomic E-state index is 0.0369. The van der Waals surface area contributed by atoms with Crippen molar-refractivity contribution in [3.63, 3.8) is 0 Å². The van der Waals surface area contributed by atoms with Crippen molar-refractivity contribution in [1.82, 2.24) is 20.9 Å². The first kappa shape index (κ1) is 27.8. The zero-order chi connectivity index (χ0) is 25.8. The van der Waals surface area contributed by atoms with Crippen molar-refractivity contribution in [2.45, 2.75) is 52.3 Å². The SMILES string of the molecule is C/C=C1\NC(=O)c2cccc(n2)CNC(=O)C[C@@H](/C=C/CCSC=O)OC(=O)[C@H](C(C)C)NC1=O. The maximum absolute atomic E-state index is 13.0. The predicted molar refractivity (Wildman–Crippen MR) is 132 cm³/mol. The molecule has 0 saturated heterocycles.